The molecule has 2 aliphatic heterocycles. The molecule has 2 saturated heterocycles. The number of halogens is 1. The molecule has 0 saturated carbocycles. The number of hydrogen-bond donors (Lipinski definition) is 9. The highest BCUT2D eigenvalue weighted by Gasteiger charge is 2.28. The Labute approximate surface area is 537 Å². The first-order chi connectivity index (χ1) is 43.1. The van der Waals surface area contributed by atoms with Crippen LogP contribution in [0.4, 0.5) is 0 Å². The average Bonchev–Trinajstić information content (AvgIpc) is 1.72. The number of aliphatic carboxylic acids is 3. The van der Waals surface area contributed by atoms with Crippen LogP contribution >= 0.6 is 22.6 Å². The van der Waals surface area contributed by atoms with Gasteiger partial charge in [-0.25, -0.2) is 0 Å². The second kappa shape index (κ2) is 37.0. The third-order valence-corrected chi connectivity index (χ3v) is 16.2. The van der Waals surface area contributed by atoms with Gasteiger partial charge >= 0.3 is 17.9 Å². The number of amides is 5. The van der Waals surface area contributed by atoms with Crippen LogP contribution in [-0.2, 0) is 44.7 Å². The molecule has 0 spiro atoms. The molecule has 3 aromatic carbocycles. The average molecular weight is 1370 g/mol. The number of nitrogens with zero attached hydrogens (tertiary/aromatic N) is 8. The molecule has 0 radical (unpaired) electrons. The minimum Gasteiger partial charge on any atom is -0.508 e. The Morgan fingerprint density at radius 3 is 1.80 bits per heavy atom. The molecule has 1 aromatic heterocycles. The monoisotopic (exact) mass is 1370 g/mol. The van der Waals surface area contributed by atoms with Gasteiger partial charge in [-0.05, 0) is 121 Å². The zero-order valence-corrected chi connectivity index (χ0v) is 53.7. The summed E-state index contributed by atoms with van der Waals surface area (Å²) in [5.74, 6) is -4.42. The highest BCUT2D eigenvalue weighted by atomic mass is 127. The van der Waals surface area contributed by atoms with E-state index in [1.807, 2.05) is 38.1 Å². The van der Waals surface area contributed by atoms with E-state index in [0.29, 0.717) is 81.7 Å². The summed E-state index contributed by atoms with van der Waals surface area (Å²) in [6.45, 7) is 8.02. The molecule has 1 atom stereocenters. The standard InChI is InChI=1S/C62H87IN12O15/c1-4-64-62(88)60-69-68-59(49-36-48(42(2)3)51(76)37-52(49)77)75(60)45-15-17-46(18-16-45)90-47-19-24-74(25-20-47)55(80)21-34-89-35-23-66-61(87)50(9-5-6-22-65-53(78)10-7-8-43-11-13-44(63)14-12-43)67-54(79)38-70-26-28-71(39-56(81)82)30-32-73(41-58(85)86)33-31-72(29-27-70)40-57(83)84/h11-18,36-37,42,47,50,76-77H,4-10,19-35,38-41H2,1-3H3,(H,64,88)(H,65,78)(H,66,87)(H,67,79)(H,81,82)(H,83,84)(H,85,86)/t50-/m0/s1. The molecular weight excluding hydrogens is 1280 g/mol. The summed E-state index contributed by atoms with van der Waals surface area (Å²) in [6, 6.07) is 17.1. The van der Waals surface area contributed by atoms with Crippen molar-refractivity contribution in [1.29, 1.82) is 0 Å². The third-order valence-electron chi connectivity index (χ3n) is 15.5. The van der Waals surface area contributed by atoms with E-state index in [2.05, 4.69) is 54.1 Å². The molecule has 4 aromatic rings. The second-order valence-corrected chi connectivity index (χ2v) is 23.9. The van der Waals surface area contributed by atoms with E-state index in [9.17, 15) is 63.9 Å². The van der Waals surface area contributed by atoms with Crippen molar-refractivity contribution in [2.75, 3.05) is 124 Å². The van der Waals surface area contributed by atoms with Gasteiger partial charge in [0.25, 0.3) is 5.91 Å². The number of aryl methyl sites for hydroxylation is 1. The van der Waals surface area contributed by atoms with Crippen molar-refractivity contribution in [2.45, 2.75) is 96.6 Å². The Morgan fingerprint density at radius 2 is 1.23 bits per heavy atom. The molecule has 492 valence electrons. The van der Waals surface area contributed by atoms with Crippen LogP contribution in [0.15, 0.2) is 60.7 Å². The smallest absolute Gasteiger partial charge is 0.317 e. The van der Waals surface area contributed by atoms with Gasteiger partial charge in [-0.3, -0.25) is 62.5 Å². The zero-order chi connectivity index (χ0) is 65.1. The predicted octanol–water partition coefficient (Wildman–Crippen LogP) is 2.99. The number of carbonyl (C=O) groups excluding carboxylic acids is 5. The summed E-state index contributed by atoms with van der Waals surface area (Å²) >= 11 is 2.25. The van der Waals surface area contributed by atoms with E-state index in [4.69, 9.17) is 9.47 Å². The van der Waals surface area contributed by atoms with Crippen LogP contribution in [0.5, 0.6) is 17.2 Å². The van der Waals surface area contributed by atoms with Gasteiger partial charge in [0, 0.05) is 120 Å². The minimum absolute atomic E-state index is 0.00205. The number of rotatable bonds is 32. The normalized spacial score (nSPS) is 15.5. The number of likely N-dealkylation sites (tertiary alicyclic amines) is 1. The van der Waals surface area contributed by atoms with Crippen molar-refractivity contribution >= 4 is 70.0 Å². The number of carbonyl (C=O) groups is 8. The van der Waals surface area contributed by atoms with Crippen LogP contribution in [-0.4, -0.2) is 249 Å². The largest absolute Gasteiger partial charge is 0.508 e. The number of nitrogens with one attached hydrogen (secondary N) is 4. The molecular formula is C62H87IN12O15. The fraction of sp³-hybridized carbons (Fsp3) is 0.548. The maximum absolute atomic E-state index is 13.9. The summed E-state index contributed by atoms with van der Waals surface area (Å²) in [6.07, 6.45) is 4.11. The van der Waals surface area contributed by atoms with Crippen molar-refractivity contribution in [2.24, 2.45) is 0 Å². The number of phenols is 2. The summed E-state index contributed by atoms with van der Waals surface area (Å²) < 4.78 is 14.8. The predicted molar refractivity (Wildman–Crippen MR) is 340 cm³/mol. The van der Waals surface area contributed by atoms with Gasteiger partial charge in [-0.1, -0.05) is 26.0 Å². The van der Waals surface area contributed by atoms with Gasteiger partial charge in [0.15, 0.2) is 5.82 Å². The maximum Gasteiger partial charge on any atom is 0.317 e. The molecule has 28 heteroatoms. The zero-order valence-electron chi connectivity index (χ0n) is 51.6. The van der Waals surface area contributed by atoms with Gasteiger partial charge in [0.05, 0.1) is 51.4 Å². The number of benzene rings is 3. The fourth-order valence-electron chi connectivity index (χ4n) is 10.6. The number of hydrogen-bond acceptors (Lipinski definition) is 18. The maximum atomic E-state index is 13.9. The van der Waals surface area contributed by atoms with Crippen LogP contribution in [0, 0.1) is 3.57 Å². The number of carboxylic acid groups (broad SMARTS) is 3. The van der Waals surface area contributed by atoms with E-state index in [1.165, 1.54) is 10.6 Å². The molecule has 2 aliphatic rings. The van der Waals surface area contributed by atoms with E-state index < -0.39 is 41.7 Å². The molecule has 2 fully saturated rings. The Hall–Kier alpha value is -7.51. The van der Waals surface area contributed by atoms with Crippen LogP contribution in [0.3, 0.4) is 0 Å². The van der Waals surface area contributed by atoms with Gasteiger partial charge in [-0.2, -0.15) is 0 Å². The van der Waals surface area contributed by atoms with Gasteiger partial charge in [0.1, 0.15) is 29.4 Å². The molecule has 0 unspecified atom stereocenters. The first-order valence-electron chi connectivity index (χ1n) is 30.7. The summed E-state index contributed by atoms with van der Waals surface area (Å²) in [5.41, 5.74) is 2.55. The number of piperidine rings is 1. The number of ether oxygens (including phenoxy) is 2. The topological polar surface area (TPSA) is 351 Å². The summed E-state index contributed by atoms with van der Waals surface area (Å²) in [5, 5.41) is 70.1. The van der Waals surface area contributed by atoms with Crippen LogP contribution in [0.25, 0.3) is 17.1 Å². The minimum atomic E-state index is -1.08. The van der Waals surface area contributed by atoms with Crippen molar-refractivity contribution in [3.63, 3.8) is 0 Å². The SMILES string of the molecule is CCNC(=O)c1nnc(-c2cc(C(C)C)c(O)cc2O)n1-c1ccc(OC2CCN(C(=O)CCOCCNC(=O)[C@H](CCCCNC(=O)CCCc3ccc(I)cc3)NC(=O)CN3CCN(CC(=O)O)CCN(CC(=O)O)CCN(CC(=O)O)CC3)CC2)cc1. The lowest BCUT2D eigenvalue weighted by molar-refractivity contribution is -0.140. The Morgan fingerprint density at radius 1 is 0.644 bits per heavy atom. The lowest BCUT2D eigenvalue weighted by atomic mass is 9.98. The molecule has 90 heavy (non-hydrogen) atoms. The number of phenolic OH excluding ortho intramolecular Hbond substituents is 2. The van der Waals surface area contributed by atoms with E-state index in [0.717, 1.165) is 15.6 Å². The van der Waals surface area contributed by atoms with Gasteiger partial charge in [0.2, 0.25) is 29.5 Å². The van der Waals surface area contributed by atoms with E-state index >= 15 is 0 Å². The Bertz CT molecular complexity index is 2980. The van der Waals surface area contributed by atoms with Crippen molar-refractivity contribution < 1.29 is 73.4 Å². The van der Waals surface area contributed by atoms with Crippen molar-refractivity contribution in [3.8, 4) is 34.3 Å². The first-order valence-corrected chi connectivity index (χ1v) is 31.8. The first kappa shape index (κ1) is 71.6. The number of unbranched alkanes of at least 4 members (excludes halogenated alkanes) is 1. The highest BCUT2D eigenvalue weighted by Crippen LogP contribution is 2.38. The number of carboxylic acids is 3. The van der Waals surface area contributed by atoms with Crippen LogP contribution < -0.4 is 26.0 Å². The molecule has 6 rings (SSSR count). The molecule has 27 nitrogen and oxygen atoms in total. The summed E-state index contributed by atoms with van der Waals surface area (Å²) in [4.78, 5) is 111. The fourth-order valence-corrected chi connectivity index (χ4v) is 11.0. The molecule has 0 bridgehead atoms. The third kappa shape index (κ3) is 24.0. The highest BCUT2D eigenvalue weighted by molar-refractivity contribution is 14.1. The van der Waals surface area contributed by atoms with Crippen LogP contribution in [0.2, 0.25) is 0 Å². The van der Waals surface area contributed by atoms with Gasteiger partial charge in [-0.15, -0.1) is 10.2 Å². The van der Waals surface area contributed by atoms with E-state index in [1.54, 1.807) is 61.8 Å². The Balaban J connectivity index is 0.983. The lowest BCUT2D eigenvalue weighted by Gasteiger charge is -2.33. The van der Waals surface area contributed by atoms with Crippen molar-refractivity contribution in [3.05, 3.63) is 81.2 Å². The van der Waals surface area contributed by atoms with Crippen molar-refractivity contribution in [1.82, 2.24) is 60.5 Å². The molecule has 9 N–H and O–H groups in total. The lowest BCUT2D eigenvalue weighted by Crippen LogP contribution is -2.52. The number of aromatic nitrogens is 3. The molecule has 3 heterocycles. The molecule has 5 amide bonds. The van der Waals surface area contributed by atoms with Crippen LogP contribution in [0.1, 0.15) is 99.8 Å². The second-order valence-electron chi connectivity index (χ2n) is 22.7. The Kier molecular flexibility index (Phi) is 29.4. The van der Waals surface area contributed by atoms with Gasteiger partial charge < -0.3 is 61.2 Å². The summed E-state index contributed by atoms with van der Waals surface area (Å²) in [7, 11) is 0. The number of aromatic hydroxyl groups is 2. The molecule has 0 aliphatic carbocycles. The quantitative estimate of drug-likeness (QED) is 0.0251. The van der Waals surface area contributed by atoms with E-state index in [-0.39, 0.29) is 164 Å².